The predicted octanol–water partition coefficient (Wildman–Crippen LogP) is 4.10. The van der Waals surface area contributed by atoms with Crippen LogP contribution in [0.4, 0.5) is 5.69 Å². The Kier molecular flexibility index (Phi) is 5.38. The molecule has 0 heterocycles. The van der Waals surface area contributed by atoms with Gasteiger partial charge in [-0.05, 0) is 50.1 Å². The van der Waals surface area contributed by atoms with Crippen molar-refractivity contribution in [2.24, 2.45) is 0 Å². The number of ether oxygens (including phenoxy) is 1. The van der Waals surface area contributed by atoms with Gasteiger partial charge in [-0.2, -0.15) is 0 Å². The van der Waals surface area contributed by atoms with Crippen LogP contribution in [0, 0.1) is 13.8 Å². The zero-order valence-electron chi connectivity index (χ0n) is 12.6. The Balaban J connectivity index is 1.68. The third-order valence-electron chi connectivity index (χ3n) is 3.14. The molecule has 0 bridgehead atoms. The standard InChI is InChI=1S/C18H21NO2/c1-14-8-10-16(11-9-14)19-18(20)7-4-12-21-17-6-3-5-15(2)13-17/h3,5-6,8-11,13H,4,7,12H2,1-2H3,(H,19,20). The molecule has 2 aromatic carbocycles. The molecule has 2 aromatic rings. The molecule has 21 heavy (non-hydrogen) atoms. The summed E-state index contributed by atoms with van der Waals surface area (Å²) in [5, 5.41) is 2.88. The number of carbonyl (C=O) groups excluding carboxylic acids is 1. The first kappa shape index (κ1) is 15.1. The molecule has 0 aromatic heterocycles. The molecule has 0 unspecified atom stereocenters. The first-order chi connectivity index (χ1) is 10.1. The molecule has 3 heteroatoms. The number of benzene rings is 2. The summed E-state index contributed by atoms with van der Waals surface area (Å²) in [5.41, 5.74) is 3.19. The van der Waals surface area contributed by atoms with Gasteiger partial charge in [0.15, 0.2) is 0 Å². The van der Waals surface area contributed by atoms with Crippen molar-refractivity contribution in [2.75, 3.05) is 11.9 Å². The molecule has 0 radical (unpaired) electrons. The van der Waals surface area contributed by atoms with E-state index < -0.39 is 0 Å². The van der Waals surface area contributed by atoms with Crippen molar-refractivity contribution in [3.8, 4) is 5.75 Å². The predicted molar refractivity (Wildman–Crippen MR) is 85.7 cm³/mol. The zero-order chi connectivity index (χ0) is 15.1. The van der Waals surface area contributed by atoms with Crippen molar-refractivity contribution >= 4 is 11.6 Å². The zero-order valence-corrected chi connectivity index (χ0v) is 12.6. The molecule has 0 spiro atoms. The number of anilines is 1. The van der Waals surface area contributed by atoms with E-state index in [1.807, 2.05) is 62.4 Å². The van der Waals surface area contributed by atoms with Gasteiger partial charge in [-0.3, -0.25) is 4.79 Å². The topological polar surface area (TPSA) is 38.3 Å². The van der Waals surface area contributed by atoms with Crippen LogP contribution in [0.3, 0.4) is 0 Å². The van der Waals surface area contributed by atoms with Crippen molar-refractivity contribution in [2.45, 2.75) is 26.7 Å². The van der Waals surface area contributed by atoms with Gasteiger partial charge in [-0.25, -0.2) is 0 Å². The fourth-order valence-electron chi connectivity index (χ4n) is 1.99. The molecule has 3 nitrogen and oxygen atoms in total. The van der Waals surface area contributed by atoms with Crippen molar-refractivity contribution in [1.82, 2.24) is 0 Å². The van der Waals surface area contributed by atoms with Crippen molar-refractivity contribution in [1.29, 1.82) is 0 Å². The summed E-state index contributed by atoms with van der Waals surface area (Å²) in [6.07, 6.45) is 1.16. The fraction of sp³-hybridized carbons (Fsp3) is 0.278. The second-order valence-electron chi connectivity index (χ2n) is 5.18. The number of amides is 1. The van der Waals surface area contributed by atoms with Crippen LogP contribution in [0.2, 0.25) is 0 Å². The summed E-state index contributed by atoms with van der Waals surface area (Å²) >= 11 is 0. The third-order valence-corrected chi connectivity index (χ3v) is 3.14. The summed E-state index contributed by atoms with van der Waals surface area (Å²) in [7, 11) is 0. The van der Waals surface area contributed by atoms with Crippen LogP contribution in [-0.4, -0.2) is 12.5 Å². The second kappa shape index (κ2) is 7.48. The summed E-state index contributed by atoms with van der Waals surface area (Å²) in [6, 6.07) is 15.7. The Hall–Kier alpha value is -2.29. The van der Waals surface area contributed by atoms with Gasteiger partial charge < -0.3 is 10.1 Å². The average Bonchev–Trinajstić information content (AvgIpc) is 2.46. The lowest BCUT2D eigenvalue weighted by Crippen LogP contribution is -2.12. The highest BCUT2D eigenvalue weighted by molar-refractivity contribution is 5.90. The molecule has 0 saturated carbocycles. The smallest absolute Gasteiger partial charge is 0.224 e. The van der Waals surface area contributed by atoms with Crippen LogP contribution >= 0.6 is 0 Å². The van der Waals surface area contributed by atoms with E-state index in [2.05, 4.69) is 5.32 Å². The third kappa shape index (κ3) is 5.30. The van der Waals surface area contributed by atoms with Gasteiger partial charge in [0.1, 0.15) is 5.75 Å². The number of nitrogens with one attached hydrogen (secondary N) is 1. The number of carbonyl (C=O) groups is 1. The van der Waals surface area contributed by atoms with Crippen LogP contribution in [0.5, 0.6) is 5.75 Å². The van der Waals surface area contributed by atoms with Gasteiger partial charge in [0.2, 0.25) is 5.91 Å². The molecule has 0 aliphatic rings. The van der Waals surface area contributed by atoms with Crippen molar-refractivity contribution in [3.63, 3.8) is 0 Å². The highest BCUT2D eigenvalue weighted by Crippen LogP contribution is 2.13. The highest BCUT2D eigenvalue weighted by Gasteiger charge is 2.02. The van der Waals surface area contributed by atoms with E-state index in [4.69, 9.17) is 4.74 Å². The lowest BCUT2D eigenvalue weighted by atomic mass is 10.2. The van der Waals surface area contributed by atoms with Crippen LogP contribution in [0.25, 0.3) is 0 Å². The van der Waals surface area contributed by atoms with E-state index in [1.54, 1.807) is 0 Å². The minimum atomic E-state index is 0.0201. The maximum absolute atomic E-state index is 11.8. The Morgan fingerprint density at radius 2 is 1.81 bits per heavy atom. The van der Waals surface area contributed by atoms with E-state index in [-0.39, 0.29) is 5.91 Å². The number of aryl methyl sites for hydroxylation is 2. The molecule has 0 saturated heterocycles. The molecule has 0 aliphatic heterocycles. The molecule has 0 atom stereocenters. The number of rotatable bonds is 6. The van der Waals surface area contributed by atoms with Gasteiger partial charge in [0.05, 0.1) is 6.61 Å². The van der Waals surface area contributed by atoms with Crippen LogP contribution in [-0.2, 0) is 4.79 Å². The maximum atomic E-state index is 11.8. The maximum Gasteiger partial charge on any atom is 0.224 e. The Morgan fingerprint density at radius 3 is 2.52 bits per heavy atom. The SMILES string of the molecule is Cc1ccc(NC(=O)CCCOc2cccc(C)c2)cc1. The normalized spacial score (nSPS) is 10.2. The van der Waals surface area contributed by atoms with Crippen LogP contribution in [0.1, 0.15) is 24.0 Å². The second-order valence-corrected chi connectivity index (χ2v) is 5.18. The highest BCUT2D eigenvalue weighted by atomic mass is 16.5. The summed E-state index contributed by atoms with van der Waals surface area (Å²) < 4.78 is 5.62. The monoisotopic (exact) mass is 283 g/mol. The van der Waals surface area contributed by atoms with Crippen molar-refractivity contribution in [3.05, 3.63) is 59.7 Å². The Bertz CT molecular complexity index is 590. The minimum Gasteiger partial charge on any atom is -0.494 e. The Labute approximate surface area is 126 Å². The van der Waals surface area contributed by atoms with E-state index >= 15 is 0 Å². The minimum absolute atomic E-state index is 0.0201. The van der Waals surface area contributed by atoms with Crippen LogP contribution in [0.15, 0.2) is 48.5 Å². The van der Waals surface area contributed by atoms with Gasteiger partial charge in [-0.1, -0.05) is 29.8 Å². The van der Waals surface area contributed by atoms with Crippen molar-refractivity contribution < 1.29 is 9.53 Å². The van der Waals surface area contributed by atoms with E-state index in [0.717, 1.165) is 11.4 Å². The van der Waals surface area contributed by atoms with Gasteiger partial charge in [0.25, 0.3) is 0 Å². The van der Waals surface area contributed by atoms with Gasteiger partial charge >= 0.3 is 0 Å². The Morgan fingerprint density at radius 1 is 1.05 bits per heavy atom. The number of hydrogen-bond acceptors (Lipinski definition) is 2. The number of hydrogen-bond donors (Lipinski definition) is 1. The molecule has 1 N–H and O–H groups in total. The molecule has 110 valence electrons. The molecule has 2 rings (SSSR count). The average molecular weight is 283 g/mol. The molecule has 0 fully saturated rings. The molecular weight excluding hydrogens is 262 g/mol. The first-order valence-corrected chi connectivity index (χ1v) is 7.19. The van der Waals surface area contributed by atoms with Gasteiger partial charge in [0, 0.05) is 12.1 Å². The van der Waals surface area contributed by atoms with E-state index in [9.17, 15) is 4.79 Å². The largest absolute Gasteiger partial charge is 0.494 e. The molecule has 1 amide bonds. The van der Waals surface area contributed by atoms with E-state index in [1.165, 1.54) is 11.1 Å². The lowest BCUT2D eigenvalue weighted by Gasteiger charge is -2.08. The first-order valence-electron chi connectivity index (χ1n) is 7.19. The summed E-state index contributed by atoms with van der Waals surface area (Å²) in [4.78, 5) is 11.8. The fourth-order valence-corrected chi connectivity index (χ4v) is 1.99. The lowest BCUT2D eigenvalue weighted by molar-refractivity contribution is -0.116. The molecular formula is C18H21NO2. The summed E-state index contributed by atoms with van der Waals surface area (Å²) in [5.74, 6) is 0.876. The molecule has 0 aliphatic carbocycles. The van der Waals surface area contributed by atoms with Crippen LogP contribution < -0.4 is 10.1 Å². The van der Waals surface area contributed by atoms with Gasteiger partial charge in [-0.15, -0.1) is 0 Å². The van der Waals surface area contributed by atoms with E-state index in [0.29, 0.717) is 19.4 Å². The summed E-state index contributed by atoms with van der Waals surface area (Å²) in [6.45, 7) is 4.60. The quantitative estimate of drug-likeness (QED) is 0.810.